The summed E-state index contributed by atoms with van der Waals surface area (Å²) in [6.07, 6.45) is 4.49. The number of hydrogen-bond donors (Lipinski definition) is 3. The second-order valence-electron chi connectivity index (χ2n) is 7.53. The molecule has 4 rings (SSSR count). The Labute approximate surface area is 175 Å². The normalized spacial score (nSPS) is 16.2. The fraction of sp³-hybridized carbons (Fsp3) is 0.250. The first-order valence-electron chi connectivity index (χ1n) is 10.2. The number of anilines is 1. The lowest BCUT2D eigenvalue weighted by Gasteiger charge is -2.24. The summed E-state index contributed by atoms with van der Waals surface area (Å²) in [4.78, 5) is 24.9. The molecule has 1 aliphatic carbocycles. The van der Waals surface area contributed by atoms with Crippen LogP contribution in [0.25, 0.3) is 0 Å². The number of urea groups is 1. The number of rotatable bonds is 5. The molecule has 2 atom stereocenters. The van der Waals surface area contributed by atoms with Crippen molar-refractivity contribution in [1.29, 1.82) is 0 Å². The maximum atomic E-state index is 12.6. The molecule has 3 amide bonds. The minimum atomic E-state index is -0.222. The van der Waals surface area contributed by atoms with Crippen molar-refractivity contribution in [3.8, 4) is 0 Å². The summed E-state index contributed by atoms with van der Waals surface area (Å²) < 4.78 is 5.49. The molecule has 1 aliphatic rings. The number of carbonyl (C=O) groups is 2. The molecule has 0 radical (unpaired) electrons. The highest BCUT2D eigenvalue weighted by molar-refractivity contribution is 6.04. The number of hydrogen-bond acceptors (Lipinski definition) is 3. The molecular weight excluding hydrogens is 378 g/mol. The molecule has 0 saturated carbocycles. The van der Waals surface area contributed by atoms with E-state index in [1.54, 1.807) is 18.4 Å². The Kier molecular flexibility index (Phi) is 5.84. The largest absolute Gasteiger partial charge is 0.469 e. The van der Waals surface area contributed by atoms with Crippen LogP contribution < -0.4 is 16.0 Å². The summed E-state index contributed by atoms with van der Waals surface area (Å²) in [5, 5.41) is 8.94. The third-order valence-electron chi connectivity index (χ3n) is 5.39. The van der Waals surface area contributed by atoms with Crippen molar-refractivity contribution in [1.82, 2.24) is 10.6 Å². The predicted octanol–water partition coefficient (Wildman–Crippen LogP) is 4.97. The summed E-state index contributed by atoms with van der Waals surface area (Å²) in [5.74, 6) is 0.792. The zero-order chi connectivity index (χ0) is 20.9. The van der Waals surface area contributed by atoms with Gasteiger partial charge in [0.2, 0.25) is 0 Å². The summed E-state index contributed by atoms with van der Waals surface area (Å²) in [5.41, 5.74) is 3.25. The van der Waals surface area contributed by atoms with E-state index in [9.17, 15) is 9.59 Å². The van der Waals surface area contributed by atoms with Crippen LogP contribution in [-0.4, -0.2) is 11.9 Å². The average Bonchev–Trinajstić information content (AvgIpc) is 3.24. The van der Waals surface area contributed by atoms with Crippen LogP contribution in [0.5, 0.6) is 0 Å². The first-order chi connectivity index (χ1) is 14.6. The van der Waals surface area contributed by atoms with E-state index in [0.29, 0.717) is 11.3 Å². The van der Waals surface area contributed by atoms with E-state index in [2.05, 4.69) is 16.0 Å². The van der Waals surface area contributed by atoms with Crippen molar-refractivity contribution in [2.75, 3.05) is 5.32 Å². The maximum absolute atomic E-state index is 12.6. The van der Waals surface area contributed by atoms with Gasteiger partial charge in [-0.3, -0.25) is 4.79 Å². The lowest BCUT2D eigenvalue weighted by Crippen LogP contribution is -2.40. The van der Waals surface area contributed by atoms with Crippen LogP contribution in [-0.2, 0) is 6.42 Å². The molecule has 0 bridgehead atoms. The minimum absolute atomic E-state index is 0.0313. The Morgan fingerprint density at radius 3 is 2.73 bits per heavy atom. The van der Waals surface area contributed by atoms with Crippen molar-refractivity contribution in [3.05, 3.63) is 89.4 Å². The van der Waals surface area contributed by atoms with Crippen molar-refractivity contribution in [3.63, 3.8) is 0 Å². The zero-order valence-electron chi connectivity index (χ0n) is 16.9. The fourth-order valence-corrected chi connectivity index (χ4v) is 3.79. The number of benzene rings is 2. The lowest BCUT2D eigenvalue weighted by molar-refractivity contribution is 0.102. The van der Waals surface area contributed by atoms with Crippen molar-refractivity contribution in [2.24, 2.45) is 0 Å². The molecule has 3 aromatic rings. The standard InChI is InChI=1S/C24H25N3O3/c1-16(25-24(29)27-21-11-6-12-22-20(21)13-14-30-22)18-9-5-10-19(15-18)26-23(28)17-7-3-2-4-8-17/h2-5,7-10,13-16,21H,6,11-12H2,1H3,(H,26,28)(H2,25,27,29). The quantitative estimate of drug-likeness (QED) is 0.562. The number of carbonyl (C=O) groups excluding carboxylic acids is 2. The smallest absolute Gasteiger partial charge is 0.315 e. The van der Waals surface area contributed by atoms with Crippen molar-refractivity contribution in [2.45, 2.75) is 38.3 Å². The van der Waals surface area contributed by atoms with Gasteiger partial charge in [0.25, 0.3) is 5.91 Å². The molecule has 0 spiro atoms. The highest BCUT2D eigenvalue weighted by Gasteiger charge is 2.24. The minimum Gasteiger partial charge on any atom is -0.469 e. The average molecular weight is 403 g/mol. The molecular formula is C24H25N3O3. The molecule has 2 aromatic carbocycles. The fourth-order valence-electron chi connectivity index (χ4n) is 3.79. The van der Waals surface area contributed by atoms with Crippen molar-refractivity contribution >= 4 is 17.6 Å². The SMILES string of the molecule is CC(NC(=O)NC1CCCc2occc21)c1cccc(NC(=O)c2ccccc2)c1. The molecule has 30 heavy (non-hydrogen) atoms. The Hall–Kier alpha value is -3.54. The first-order valence-corrected chi connectivity index (χ1v) is 10.2. The van der Waals surface area contributed by atoms with Gasteiger partial charge >= 0.3 is 6.03 Å². The highest BCUT2D eigenvalue weighted by atomic mass is 16.3. The van der Waals surface area contributed by atoms with Gasteiger partial charge in [-0.15, -0.1) is 0 Å². The van der Waals surface area contributed by atoms with E-state index < -0.39 is 0 Å². The van der Waals surface area contributed by atoms with Gasteiger partial charge in [-0.1, -0.05) is 30.3 Å². The molecule has 6 nitrogen and oxygen atoms in total. The third kappa shape index (κ3) is 4.54. The third-order valence-corrected chi connectivity index (χ3v) is 5.39. The maximum Gasteiger partial charge on any atom is 0.315 e. The van der Waals surface area contributed by atoms with Gasteiger partial charge in [0.15, 0.2) is 0 Å². The van der Waals surface area contributed by atoms with Crippen molar-refractivity contribution < 1.29 is 14.0 Å². The Morgan fingerprint density at radius 2 is 1.90 bits per heavy atom. The molecule has 0 saturated heterocycles. The van der Waals surface area contributed by atoms with E-state index in [-0.39, 0.29) is 24.0 Å². The van der Waals surface area contributed by atoms with Gasteiger partial charge in [-0.25, -0.2) is 4.79 Å². The van der Waals surface area contributed by atoms with E-state index in [1.807, 2.05) is 55.5 Å². The first kappa shape index (κ1) is 19.8. The Bertz CT molecular complexity index is 1030. The van der Waals surface area contributed by atoms with Crippen LogP contribution in [0.4, 0.5) is 10.5 Å². The number of furan rings is 1. The van der Waals surface area contributed by atoms with E-state index in [1.165, 1.54) is 0 Å². The number of amides is 3. The topological polar surface area (TPSA) is 83.4 Å². The monoisotopic (exact) mass is 403 g/mol. The molecule has 1 aromatic heterocycles. The van der Waals surface area contributed by atoms with Gasteiger partial charge in [0, 0.05) is 23.2 Å². The second-order valence-corrected chi connectivity index (χ2v) is 7.53. The van der Waals surface area contributed by atoms with E-state index in [4.69, 9.17) is 4.42 Å². The summed E-state index contributed by atoms with van der Waals surface area (Å²) in [7, 11) is 0. The Balaban J connectivity index is 1.37. The van der Waals surface area contributed by atoms with E-state index in [0.717, 1.165) is 36.1 Å². The highest BCUT2D eigenvalue weighted by Crippen LogP contribution is 2.30. The number of nitrogens with one attached hydrogen (secondary N) is 3. The molecule has 154 valence electrons. The predicted molar refractivity (Wildman–Crippen MR) is 115 cm³/mol. The lowest BCUT2D eigenvalue weighted by atomic mass is 9.93. The van der Waals surface area contributed by atoms with Crippen LogP contribution in [0, 0.1) is 0 Å². The molecule has 0 aliphatic heterocycles. The number of aryl methyl sites for hydroxylation is 1. The molecule has 0 fully saturated rings. The van der Waals surface area contributed by atoms with Gasteiger partial charge in [0.05, 0.1) is 18.3 Å². The zero-order valence-corrected chi connectivity index (χ0v) is 16.9. The van der Waals surface area contributed by atoms with Gasteiger partial charge in [0.1, 0.15) is 5.76 Å². The van der Waals surface area contributed by atoms with Crippen LogP contribution >= 0.6 is 0 Å². The molecule has 2 unspecified atom stereocenters. The summed E-state index contributed by atoms with van der Waals surface area (Å²) in [6.45, 7) is 1.92. The summed E-state index contributed by atoms with van der Waals surface area (Å²) >= 11 is 0. The molecule has 3 N–H and O–H groups in total. The number of fused-ring (bicyclic) bond motifs is 1. The van der Waals surface area contributed by atoms with E-state index >= 15 is 0 Å². The van der Waals surface area contributed by atoms with Crippen LogP contribution in [0.1, 0.15) is 59.1 Å². The van der Waals surface area contributed by atoms with Crippen LogP contribution in [0.3, 0.4) is 0 Å². The molecule has 1 heterocycles. The second kappa shape index (κ2) is 8.86. The van der Waals surface area contributed by atoms with Gasteiger partial charge < -0.3 is 20.4 Å². The summed E-state index contributed by atoms with van der Waals surface area (Å²) in [6, 6.07) is 18.0. The van der Waals surface area contributed by atoms with Gasteiger partial charge in [-0.2, -0.15) is 0 Å². The van der Waals surface area contributed by atoms with Gasteiger partial charge in [-0.05, 0) is 55.7 Å². The molecule has 6 heteroatoms. The van der Waals surface area contributed by atoms with Crippen LogP contribution in [0.2, 0.25) is 0 Å². The van der Waals surface area contributed by atoms with Crippen LogP contribution in [0.15, 0.2) is 71.3 Å². The Morgan fingerprint density at radius 1 is 1.07 bits per heavy atom.